The lowest BCUT2D eigenvalue weighted by Gasteiger charge is -2.27. The maximum Gasteiger partial charge on any atom is 0.335 e. The lowest BCUT2D eigenvalue weighted by molar-refractivity contribution is -0.123. The number of benzene rings is 2. The number of aromatic carboxylic acids is 1. The van der Waals surface area contributed by atoms with Gasteiger partial charge in [-0.3, -0.25) is 4.79 Å². The summed E-state index contributed by atoms with van der Waals surface area (Å²) in [7, 11) is 1.75. The molecular weight excluding hydrogens is 326 g/mol. The largest absolute Gasteiger partial charge is 0.478 e. The van der Waals surface area contributed by atoms with Crippen LogP contribution in [0, 0.1) is 12.8 Å². The predicted molar refractivity (Wildman–Crippen MR) is 104 cm³/mol. The minimum Gasteiger partial charge on any atom is -0.478 e. The number of hydrogen-bond donors (Lipinski definition) is 1. The van der Waals surface area contributed by atoms with Gasteiger partial charge < -0.3 is 10.0 Å². The number of carbonyl (C=O) groups excluding carboxylic acids is 1. The fourth-order valence-corrected chi connectivity index (χ4v) is 3.59. The molecule has 0 radical (unpaired) electrons. The Hall–Kier alpha value is -2.62. The average Bonchev–Trinajstić information content (AvgIpc) is 2.67. The number of aryl methyl sites for hydroxylation is 1. The molecule has 2 aromatic rings. The van der Waals surface area contributed by atoms with Crippen molar-refractivity contribution in [1.29, 1.82) is 0 Å². The van der Waals surface area contributed by atoms with Crippen molar-refractivity contribution in [2.75, 3.05) is 11.9 Å². The first-order valence-corrected chi connectivity index (χ1v) is 9.18. The van der Waals surface area contributed by atoms with Gasteiger partial charge in [-0.2, -0.15) is 0 Å². The molecule has 1 saturated carbocycles. The molecule has 1 fully saturated rings. The zero-order chi connectivity index (χ0) is 18.7. The summed E-state index contributed by atoms with van der Waals surface area (Å²) in [6.07, 6.45) is 5.22. The molecule has 0 unspecified atom stereocenters. The van der Waals surface area contributed by atoms with Crippen LogP contribution >= 0.6 is 0 Å². The van der Waals surface area contributed by atoms with Crippen LogP contribution < -0.4 is 4.90 Å². The second kappa shape index (κ2) is 7.73. The van der Waals surface area contributed by atoms with Gasteiger partial charge >= 0.3 is 5.97 Å². The van der Waals surface area contributed by atoms with Gasteiger partial charge in [0.15, 0.2) is 0 Å². The molecule has 0 heterocycles. The highest BCUT2D eigenvalue weighted by atomic mass is 16.4. The smallest absolute Gasteiger partial charge is 0.335 e. The van der Waals surface area contributed by atoms with Crippen LogP contribution in [0.15, 0.2) is 42.5 Å². The van der Waals surface area contributed by atoms with Crippen molar-refractivity contribution >= 4 is 17.6 Å². The molecule has 1 aliphatic rings. The molecule has 136 valence electrons. The monoisotopic (exact) mass is 351 g/mol. The van der Waals surface area contributed by atoms with E-state index in [1.54, 1.807) is 24.1 Å². The molecule has 0 aromatic heterocycles. The molecule has 0 atom stereocenters. The SMILES string of the molecule is Cc1ccc(-c2cc(C(=O)O)cc(N(C)C(=O)C3CCCCC3)c2)cc1. The van der Waals surface area contributed by atoms with E-state index in [0.29, 0.717) is 5.69 Å². The van der Waals surface area contributed by atoms with E-state index in [2.05, 4.69) is 0 Å². The van der Waals surface area contributed by atoms with Crippen LogP contribution in [0.2, 0.25) is 0 Å². The van der Waals surface area contributed by atoms with Gasteiger partial charge in [-0.15, -0.1) is 0 Å². The highest BCUT2D eigenvalue weighted by Gasteiger charge is 2.25. The molecule has 1 N–H and O–H groups in total. The van der Waals surface area contributed by atoms with Crippen LogP contribution in [0.4, 0.5) is 5.69 Å². The quantitative estimate of drug-likeness (QED) is 0.852. The molecule has 2 aromatic carbocycles. The minimum atomic E-state index is -0.987. The normalized spacial score (nSPS) is 14.8. The molecule has 26 heavy (non-hydrogen) atoms. The number of anilines is 1. The highest BCUT2D eigenvalue weighted by Crippen LogP contribution is 2.30. The first kappa shape index (κ1) is 18.2. The maximum absolute atomic E-state index is 12.9. The van der Waals surface area contributed by atoms with Crippen LogP contribution in [-0.2, 0) is 4.79 Å². The Morgan fingerprint density at radius 1 is 0.962 bits per heavy atom. The summed E-state index contributed by atoms with van der Waals surface area (Å²) < 4.78 is 0. The van der Waals surface area contributed by atoms with Crippen LogP contribution in [-0.4, -0.2) is 24.0 Å². The van der Waals surface area contributed by atoms with Crippen molar-refractivity contribution in [3.63, 3.8) is 0 Å². The first-order chi connectivity index (χ1) is 12.5. The molecule has 3 rings (SSSR count). The number of amides is 1. The summed E-state index contributed by atoms with van der Waals surface area (Å²) in [5, 5.41) is 9.49. The van der Waals surface area contributed by atoms with Crippen molar-refractivity contribution in [1.82, 2.24) is 0 Å². The van der Waals surface area contributed by atoms with E-state index < -0.39 is 5.97 Å². The Morgan fingerprint density at radius 2 is 1.62 bits per heavy atom. The van der Waals surface area contributed by atoms with Crippen LogP contribution in [0.25, 0.3) is 11.1 Å². The topological polar surface area (TPSA) is 57.6 Å². The summed E-state index contributed by atoms with van der Waals surface area (Å²) in [6, 6.07) is 13.1. The second-order valence-corrected chi connectivity index (χ2v) is 7.17. The molecule has 1 amide bonds. The molecule has 0 spiro atoms. The molecule has 1 aliphatic carbocycles. The van der Waals surface area contributed by atoms with Crippen LogP contribution in [0.1, 0.15) is 48.0 Å². The van der Waals surface area contributed by atoms with E-state index >= 15 is 0 Å². The van der Waals surface area contributed by atoms with Gasteiger partial charge in [-0.25, -0.2) is 4.79 Å². The number of nitrogens with zero attached hydrogens (tertiary/aromatic N) is 1. The van der Waals surface area contributed by atoms with Crippen molar-refractivity contribution in [3.8, 4) is 11.1 Å². The zero-order valence-electron chi connectivity index (χ0n) is 15.4. The first-order valence-electron chi connectivity index (χ1n) is 9.18. The minimum absolute atomic E-state index is 0.0464. The summed E-state index contributed by atoms with van der Waals surface area (Å²) in [6.45, 7) is 2.01. The van der Waals surface area contributed by atoms with Crippen LogP contribution in [0.5, 0.6) is 0 Å². The van der Waals surface area contributed by atoms with E-state index in [0.717, 1.165) is 42.4 Å². The Morgan fingerprint density at radius 3 is 2.23 bits per heavy atom. The summed E-state index contributed by atoms with van der Waals surface area (Å²) in [4.78, 5) is 26.1. The second-order valence-electron chi connectivity index (χ2n) is 7.17. The highest BCUT2D eigenvalue weighted by molar-refractivity contribution is 5.98. The number of carbonyl (C=O) groups is 2. The molecular formula is C22H25NO3. The predicted octanol–water partition coefficient (Wildman–Crippen LogP) is 4.90. The zero-order valence-corrected chi connectivity index (χ0v) is 15.4. The Bertz CT molecular complexity index is 805. The van der Waals surface area contributed by atoms with E-state index in [-0.39, 0.29) is 17.4 Å². The van der Waals surface area contributed by atoms with Crippen LogP contribution in [0.3, 0.4) is 0 Å². The lowest BCUT2D eigenvalue weighted by atomic mass is 9.88. The van der Waals surface area contributed by atoms with E-state index in [1.165, 1.54) is 6.42 Å². The Kier molecular flexibility index (Phi) is 5.40. The van der Waals surface area contributed by atoms with Crippen molar-refractivity contribution < 1.29 is 14.7 Å². The third kappa shape index (κ3) is 3.96. The van der Waals surface area contributed by atoms with Gasteiger partial charge in [-0.1, -0.05) is 49.1 Å². The number of carboxylic acid groups (broad SMARTS) is 1. The molecule has 0 bridgehead atoms. The summed E-state index contributed by atoms with van der Waals surface area (Å²) in [5.41, 5.74) is 3.73. The van der Waals surface area contributed by atoms with Gasteiger partial charge in [0.05, 0.1) is 5.56 Å². The van der Waals surface area contributed by atoms with Crippen molar-refractivity contribution in [2.24, 2.45) is 5.92 Å². The Balaban J connectivity index is 1.96. The fraction of sp³-hybridized carbons (Fsp3) is 0.364. The third-order valence-electron chi connectivity index (χ3n) is 5.22. The lowest BCUT2D eigenvalue weighted by Crippen LogP contribution is -2.34. The average molecular weight is 351 g/mol. The standard InChI is InChI=1S/C22H25NO3/c1-15-8-10-16(11-9-15)18-12-19(22(25)26)14-20(13-18)23(2)21(24)17-6-4-3-5-7-17/h8-14,17H,3-7H2,1-2H3,(H,25,26). The summed E-state index contributed by atoms with van der Waals surface area (Å²) in [5.74, 6) is -0.856. The third-order valence-corrected chi connectivity index (χ3v) is 5.22. The Labute approximate surface area is 154 Å². The summed E-state index contributed by atoms with van der Waals surface area (Å²) >= 11 is 0. The van der Waals surface area contributed by atoms with Crippen molar-refractivity contribution in [3.05, 3.63) is 53.6 Å². The molecule has 4 heteroatoms. The van der Waals surface area contributed by atoms with Crippen molar-refractivity contribution in [2.45, 2.75) is 39.0 Å². The molecule has 4 nitrogen and oxygen atoms in total. The van der Waals surface area contributed by atoms with E-state index in [4.69, 9.17) is 0 Å². The molecule has 0 saturated heterocycles. The van der Waals surface area contributed by atoms with Gasteiger partial charge in [-0.05, 0) is 49.1 Å². The van der Waals surface area contributed by atoms with Gasteiger partial charge in [0, 0.05) is 18.7 Å². The van der Waals surface area contributed by atoms with Gasteiger partial charge in [0.25, 0.3) is 0 Å². The number of carboxylic acids is 1. The van der Waals surface area contributed by atoms with E-state index in [1.807, 2.05) is 37.3 Å². The number of hydrogen-bond acceptors (Lipinski definition) is 2. The van der Waals surface area contributed by atoms with E-state index in [9.17, 15) is 14.7 Å². The fourth-order valence-electron chi connectivity index (χ4n) is 3.59. The maximum atomic E-state index is 12.9. The number of rotatable bonds is 4. The van der Waals surface area contributed by atoms with Gasteiger partial charge in [0.2, 0.25) is 5.91 Å². The van der Waals surface area contributed by atoms with Gasteiger partial charge in [0.1, 0.15) is 0 Å². The molecule has 0 aliphatic heterocycles.